The molecule has 0 spiro atoms. The van der Waals surface area contributed by atoms with Gasteiger partial charge in [0.05, 0.1) is 26.4 Å². The summed E-state index contributed by atoms with van der Waals surface area (Å²) in [6.45, 7) is 10.9. The van der Waals surface area contributed by atoms with E-state index in [9.17, 15) is 13.2 Å². The van der Waals surface area contributed by atoms with Gasteiger partial charge in [-0.05, 0) is 62.2 Å². The van der Waals surface area contributed by atoms with Crippen molar-refractivity contribution in [3.63, 3.8) is 0 Å². The third-order valence-corrected chi connectivity index (χ3v) is 9.56. The maximum Gasteiger partial charge on any atom is 0.261 e. The summed E-state index contributed by atoms with van der Waals surface area (Å²) in [4.78, 5) is 22.7. The summed E-state index contributed by atoms with van der Waals surface area (Å²) in [5, 5.41) is 4.02. The molecular weight excluding hydrogens is 530 g/mol. The molecule has 2 N–H and O–H groups in total. The van der Waals surface area contributed by atoms with Crippen LogP contribution >= 0.6 is 11.3 Å². The van der Waals surface area contributed by atoms with Gasteiger partial charge in [-0.2, -0.15) is 0 Å². The smallest absolute Gasteiger partial charge is 0.261 e. The number of anilines is 2. The molecule has 0 aliphatic carbocycles. The molecule has 1 amide bonds. The second-order valence-corrected chi connectivity index (χ2v) is 12.6. The fraction of sp³-hybridized carbons (Fsp3) is 0.310. The number of para-hydroxylation sites is 1. The van der Waals surface area contributed by atoms with Crippen LogP contribution in [0.25, 0.3) is 10.2 Å². The number of rotatable bonds is 8. The highest BCUT2D eigenvalue weighted by atomic mass is 32.2. The van der Waals surface area contributed by atoms with Gasteiger partial charge in [0.1, 0.15) is 0 Å². The summed E-state index contributed by atoms with van der Waals surface area (Å²) in [7, 11) is -3.81. The van der Waals surface area contributed by atoms with Gasteiger partial charge in [-0.3, -0.25) is 14.4 Å². The Balaban J connectivity index is 1.14. The highest BCUT2D eigenvalue weighted by molar-refractivity contribution is 7.92. The minimum Gasteiger partial charge on any atom is -0.351 e. The van der Waals surface area contributed by atoms with Crippen molar-refractivity contribution >= 4 is 48.3 Å². The molecule has 2 heterocycles. The van der Waals surface area contributed by atoms with Crippen molar-refractivity contribution in [3.05, 3.63) is 82.9 Å². The number of hydrogen-bond acceptors (Lipinski definition) is 7. The fourth-order valence-corrected chi connectivity index (χ4v) is 6.92. The molecule has 0 radical (unpaired) electrons. The van der Waals surface area contributed by atoms with Crippen molar-refractivity contribution in [1.29, 1.82) is 0 Å². The second kappa shape index (κ2) is 11.3. The SMILES string of the molecule is Cc1ccc(S(=O)(=O)Nc2ccccc2C(=O)NCCN2CCN(c3nc4cc(C)cc(C)c4s3)CC2)cc1. The van der Waals surface area contributed by atoms with Gasteiger partial charge in [-0.1, -0.05) is 47.2 Å². The number of carbonyl (C=O) groups is 1. The van der Waals surface area contributed by atoms with Crippen LogP contribution in [0.5, 0.6) is 0 Å². The van der Waals surface area contributed by atoms with Crippen molar-refractivity contribution in [2.24, 2.45) is 0 Å². The van der Waals surface area contributed by atoms with E-state index < -0.39 is 10.0 Å². The summed E-state index contributed by atoms with van der Waals surface area (Å²) in [5.74, 6) is -0.309. The number of sulfonamides is 1. The maximum absolute atomic E-state index is 13.0. The number of hydrogen-bond donors (Lipinski definition) is 2. The lowest BCUT2D eigenvalue weighted by Gasteiger charge is -2.34. The van der Waals surface area contributed by atoms with Crippen LogP contribution in [-0.4, -0.2) is 63.5 Å². The van der Waals surface area contributed by atoms with Gasteiger partial charge in [-0.25, -0.2) is 13.4 Å². The molecule has 1 aliphatic heterocycles. The van der Waals surface area contributed by atoms with E-state index in [1.54, 1.807) is 59.9 Å². The zero-order valence-corrected chi connectivity index (χ0v) is 24.0. The molecule has 204 valence electrons. The Morgan fingerprint density at radius 1 is 0.949 bits per heavy atom. The average Bonchev–Trinajstić information content (AvgIpc) is 3.34. The largest absolute Gasteiger partial charge is 0.351 e. The Morgan fingerprint density at radius 2 is 1.67 bits per heavy atom. The molecule has 0 atom stereocenters. The Bertz CT molecular complexity index is 1590. The van der Waals surface area contributed by atoms with Gasteiger partial charge in [0.25, 0.3) is 15.9 Å². The Hall–Kier alpha value is -3.47. The van der Waals surface area contributed by atoms with Crippen LogP contribution in [0.1, 0.15) is 27.0 Å². The van der Waals surface area contributed by atoms with Crippen molar-refractivity contribution < 1.29 is 13.2 Å². The fourth-order valence-electron chi connectivity index (χ4n) is 4.78. The van der Waals surface area contributed by atoms with Gasteiger partial charge in [-0.15, -0.1) is 0 Å². The summed E-state index contributed by atoms with van der Waals surface area (Å²) in [6.07, 6.45) is 0. The lowest BCUT2D eigenvalue weighted by Crippen LogP contribution is -2.48. The van der Waals surface area contributed by atoms with Gasteiger partial charge < -0.3 is 10.2 Å². The number of aromatic nitrogens is 1. The summed E-state index contributed by atoms with van der Waals surface area (Å²) in [6, 6.07) is 17.6. The minimum absolute atomic E-state index is 0.151. The molecule has 1 fully saturated rings. The van der Waals surface area contributed by atoms with Crippen LogP contribution in [0.4, 0.5) is 10.8 Å². The van der Waals surface area contributed by atoms with E-state index in [1.165, 1.54) is 15.8 Å². The summed E-state index contributed by atoms with van der Waals surface area (Å²) in [5.41, 5.74) is 5.09. The second-order valence-electron chi connectivity index (χ2n) is 9.98. The van der Waals surface area contributed by atoms with Crippen LogP contribution in [0.2, 0.25) is 0 Å². The van der Waals surface area contributed by atoms with E-state index in [0.717, 1.165) is 48.9 Å². The first-order valence-corrected chi connectivity index (χ1v) is 15.3. The van der Waals surface area contributed by atoms with E-state index in [2.05, 4.69) is 45.8 Å². The van der Waals surface area contributed by atoms with Crippen molar-refractivity contribution in [2.45, 2.75) is 25.7 Å². The number of nitrogens with zero attached hydrogens (tertiary/aromatic N) is 3. The zero-order valence-electron chi connectivity index (χ0n) is 22.4. The third-order valence-electron chi connectivity index (χ3n) is 6.91. The predicted octanol–water partition coefficient (Wildman–Crippen LogP) is 4.57. The van der Waals surface area contributed by atoms with Gasteiger partial charge >= 0.3 is 0 Å². The average molecular weight is 564 g/mol. The van der Waals surface area contributed by atoms with Crippen LogP contribution in [0, 0.1) is 20.8 Å². The molecule has 39 heavy (non-hydrogen) atoms. The van der Waals surface area contributed by atoms with E-state index in [0.29, 0.717) is 12.1 Å². The molecule has 0 saturated carbocycles. The molecule has 8 nitrogen and oxygen atoms in total. The predicted molar refractivity (Wildman–Crippen MR) is 159 cm³/mol. The molecule has 5 rings (SSSR count). The first-order chi connectivity index (χ1) is 18.7. The topological polar surface area (TPSA) is 94.6 Å². The first-order valence-electron chi connectivity index (χ1n) is 13.0. The molecule has 4 aromatic rings. The van der Waals surface area contributed by atoms with E-state index in [-0.39, 0.29) is 16.5 Å². The van der Waals surface area contributed by atoms with E-state index in [4.69, 9.17) is 4.98 Å². The third kappa shape index (κ3) is 6.24. The number of benzene rings is 3. The van der Waals surface area contributed by atoms with Crippen LogP contribution in [0.15, 0.2) is 65.6 Å². The molecule has 1 aromatic heterocycles. The van der Waals surface area contributed by atoms with Crippen molar-refractivity contribution in [1.82, 2.24) is 15.2 Å². The number of nitrogens with one attached hydrogen (secondary N) is 2. The van der Waals surface area contributed by atoms with Crippen molar-refractivity contribution in [3.8, 4) is 0 Å². The number of fused-ring (bicyclic) bond motifs is 1. The molecular formula is C29H33N5O3S2. The number of piperazine rings is 1. The molecule has 0 bridgehead atoms. The summed E-state index contributed by atoms with van der Waals surface area (Å²) >= 11 is 1.75. The molecule has 3 aromatic carbocycles. The zero-order chi connectivity index (χ0) is 27.6. The monoisotopic (exact) mass is 563 g/mol. The maximum atomic E-state index is 13.0. The Labute approximate surface area is 233 Å². The van der Waals surface area contributed by atoms with Crippen LogP contribution in [0.3, 0.4) is 0 Å². The number of thiazole rings is 1. The van der Waals surface area contributed by atoms with E-state index in [1.807, 2.05) is 6.92 Å². The standard InChI is InChI=1S/C29H33N5O3S2/c1-20-8-10-23(11-9-20)39(36,37)32-25-7-5-4-6-24(25)28(35)30-12-13-33-14-16-34(17-15-33)29-31-26-19-21(2)18-22(3)27(26)38-29/h4-11,18-19,32H,12-17H2,1-3H3,(H,30,35). The van der Waals surface area contributed by atoms with Gasteiger partial charge in [0, 0.05) is 39.3 Å². The molecule has 1 saturated heterocycles. The summed E-state index contributed by atoms with van der Waals surface area (Å²) < 4.78 is 29.5. The molecule has 10 heteroatoms. The van der Waals surface area contributed by atoms with Crippen LogP contribution < -0.4 is 14.9 Å². The van der Waals surface area contributed by atoms with Crippen molar-refractivity contribution in [2.75, 3.05) is 48.9 Å². The minimum atomic E-state index is -3.81. The lowest BCUT2D eigenvalue weighted by molar-refractivity contribution is 0.0948. The van der Waals surface area contributed by atoms with Crippen LogP contribution in [-0.2, 0) is 10.0 Å². The highest BCUT2D eigenvalue weighted by Crippen LogP contribution is 2.32. The van der Waals surface area contributed by atoms with Gasteiger partial charge in [0.2, 0.25) is 0 Å². The molecule has 0 unspecified atom stereocenters. The first kappa shape index (κ1) is 27.1. The highest BCUT2D eigenvalue weighted by Gasteiger charge is 2.21. The number of amides is 1. The molecule has 1 aliphatic rings. The number of carbonyl (C=O) groups excluding carboxylic acids is 1. The van der Waals surface area contributed by atoms with Gasteiger partial charge in [0.15, 0.2) is 5.13 Å². The normalized spacial score (nSPS) is 14.5. The number of aryl methyl sites for hydroxylation is 3. The Kier molecular flexibility index (Phi) is 7.88. The quantitative estimate of drug-likeness (QED) is 0.326. The lowest BCUT2D eigenvalue weighted by atomic mass is 10.1. The van der Waals surface area contributed by atoms with E-state index >= 15 is 0 Å². The Morgan fingerprint density at radius 3 is 2.41 bits per heavy atom.